The zero-order chi connectivity index (χ0) is 16.5. The third-order valence-corrected chi connectivity index (χ3v) is 5.04. The molecule has 23 heavy (non-hydrogen) atoms. The maximum absolute atomic E-state index is 13.5. The fourth-order valence-corrected chi connectivity index (χ4v) is 3.53. The summed E-state index contributed by atoms with van der Waals surface area (Å²) < 4.78 is 18.4. The van der Waals surface area contributed by atoms with Crippen molar-refractivity contribution in [2.45, 2.75) is 5.75 Å². The molecule has 0 saturated carbocycles. The SMILES string of the molecule is COc1ccc(/C=C/C(=O)NCCSCc2cccs2)cc1F. The van der Waals surface area contributed by atoms with E-state index in [9.17, 15) is 9.18 Å². The Bertz CT molecular complexity index is 657. The highest BCUT2D eigenvalue weighted by atomic mass is 32.2. The average molecular weight is 351 g/mol. The van der Waals surface area contributed by atoms with Crippen LogP contribution in [0.15, 0.2) is 41.8 Å². The fourth-order valence-electron chi connectivity index (χ4n) is 1.83. The van der Waals surface area contributed by atoms with Gasteiger partial charge in [-0.2, -0.15) is 11.8 Å². The summed E-state index contributed by atoms with van der Waals surface area (Å²) in [6.45, 7) is 0.607. The molecular formula is C17H18FNO2S2. The van der Waals surface area contributed by atoms with Crippen LogP contribution in [0.5, 0.6) is 5.75 Å². The van der Waals surface area contributed by atoms with Gasteiger partial charge in [0.2, 0.25) is 5.91 Å². The van der Waals surface area contributed by atoms with Crippen LogP contribution in [0.25, 0.3) is 6.08 Å². The van der Waals surface area contributed by atoms with Crippen LogP contribution in [0.3, 0.4) is 0 Å². The number of thioether (sulfide) groups is 1. The highest BCUT2D eigenvalue weighted by molar-refractivity contribution is 7.98. The Morgan fingerprint density at radius 3 is 3.00 bits per heavy atom. The monoisotopic (exact) mass is 351 g/mol. The Morgan fingerprint density at radius 2 is 2.30 bits per heavy atom. The van der Waals surface area contributed by atoms with Gasteiger partial charge >= 0.3 is 0 Å². The highest BCUT2D eigenvalue weighted by Crippen LogP contribution is 2.18. The van der Waals surface area contributed by atoms with Crippen LogP contribution in [0.4, 0.5) is 4.39 Å². The number of ether oxygens (including phenoxy) is 1. The van der Waals surface area contributed by atoms with Crippen molar-refractivity contribution in [3.8, 4) is 5.75 Å². The number of hydrogen-bond acceptors (Lipinski definition) is 4. The molecule has 122 valence electrons. The van der Waals surface area contributed by atoms with Gasteiger partial charge < -0.3 is 10.1 Å². The summed E-state index contributed by atoms with van der Waals surface area (Å²) in [5, 5.41) is 4.87. The van der Waals surface area contributed by atoms with Crippen molar-refractivity contribution in [3.05, 3.63) is 58.0 Å². The molecule has 1 heterocycles. The molecule has 6 heteroatoms. The van der Waals surface area contributed by atoms with E-state index in [0.717, 1.165) is 11.5 Å². The lowest BCUT2D eigenvalue weighted by Crippen LogP contribution is -2.23. The van der Waals surface area contributed by atoms with E-state index in [0.29, 0.717) is 12.1 Å². The van der Waals surface area contributed by atoms with E-state index in [-0.39, 0.29) is 11.7 Å². The molecule has 0 saturated heterocycles. The molecule has 0 radical (unpaired) electrons. The number of halogens is 1. The van der Waals surface area contributed by atoms with Gasteiger partial charge in [0.25, 0.3) is 0 Å². The predicted molar refractivity (Wildman–Crippen MR) is 95.5 cm³/mol. The Hall–Kier alpha value is -1.79. The van der Waals surface area contributed by atoms with Gasteiger partial charge in [0.15, 0.2) is 11.6 Å². The summed E-state index contributed by atoms with van der Waals surface area (Å²) >= 11 is 3.52. The number of methoxy groups -OCH3 is 1. The first-order valence-corrected chi connectivity index (χ1v) is 9.12. The van der Waals surface area contributed by atoms with Crippen LogP contribution < -0.4 is 10.1 Å². The number of nitrogens with one attached hydrogen (secondary N) is 1. The number of benzene rings is 1. The van der Waals surface area contributed by atoms with Crippen LogP contribution in [-0.4, -0.2) is 25.3 Å². The van der Waals surface area contributed by atoms with Crippen LogP contribution in [0.1, 0.15) is 10.4 Å². The Balaban J connectivity index is 1.68. The second-order valence-electron chi connectivity index (χ2n) is 4.65. The lowest BCUT2D eigenvalue weighted by Gasteiger charge is -2.03. The lowest BCUT2D eigenvalue weighted by molar-refractivity contribution is -0.116. The van der Waals surface area contributed by atoms with Crippen molar-refractivity contribution in [1.29, 1.82) is 0 Å². The zero-order valence-electron chi connectivity index (χ0n) is 12.8. The van der Waals surface area contributed by atoms with E-state index in [2.05, 4.69) is 16.8 Å². The number of hydrogen-bond donors (Lipinski definition) is 1. The standard InChI is InChI=1S/C17H18FNO2S2/c1-21-16-6-4-13(11-15(16)18)5-7-17(20)19-8-10-22-12-14-3-2-9-23-14/h2-7,9,11H,8,10,12H2,1H3,(H,19,20)/b7-5+. The first-order valence-electron chi connectivity index (χ1n) is 7.08. The predicted octanol–water partition coefficient (Wildman–Crippen LogP) is 3.96. The van der Waals surface area contributed by atoms with E-state index in [1.807, 2.05) is 6.07 Å². The summed E-state index contributed by atoms with van der Waals surface area (Å²) in [6, 6.07) is 8.71. The molecule has 1 amide bonds. The van der Waals surface area contributed by atoms with Gasteiger partial charge in [-0.05, 0) is 35.2 Å². The molecular weight excluding hydrogens is 333 g/mol. The van der Waals surface area contributed by atoms with Gasteiger partial charge in [-0.15, -0.1) is 11.3 Å². The minimum Gasteiger partial charge on any atom is -0.494 e. The fraction of sp³-hybridized carbons (Fsp3) is 0.235. The Kier molecular flexibility index (Phi) is 7.16. The minimum absolute atomic E-state index is 0.182. The number of carbonyl (C=O) groups excluding carboxylic acids is 1. The number of thiophene rings is 1. The number of rotatable bonds is 8. The minimum atomic E-state index is -0.444. The van der Waals surface area contributed by atoms with E-state index in [4.69, 9.17) is 4.74 Å². The van der Waals surface area contributed by atoms with Gasteiger partial charge in [-0.3, -0.25) is 4.79 Å². The Morgan fingerprint density at radius 1 is 1.43 bits per heavy atom. The first kappa shape index (κ1) is 17.6. The topological polar surface area (TPSA) is 38.3 Å². The van der Waals surface area contributed by atoms with Crippen LogP contribution in [0.2, 0.25) is 0 Å². The van der Waals surface area contributed by atoms with Crippen LogP contribution in [0, 0.1) is 5.82 Å². The molecule has 1 aromatic carbocycles. The molecule has 0 aliphatic rings. The van der Waals surface area contributed by atoms with Gasteiger partial charge in [0.1, 0.15) is 0 Å². The van der Waals surface area contributed by atoms with E-state index < -0.39 is 5.82 Å². The molecule has 2 rings (SSSR count). The van der Waals surface area contributed by atoms with Gasteiger partial charge in [-0.25, -0.2) is 4.39 Å². The third kappa shape index (κ3) is 6.08. The van der Waals surface area contributed by atoms with Gasteiger partial charge in [-0.1, -0.05) is 12.1 Å². The summed E-state index contributed by atoms with van der Waals surface area (Å²) in [5.41, 5.74) is 0.616. The van der Waals surface area contributed by atoms with Crippen molar-refractivity contribution in [2.75, 3.05) is 19.4 Å². The highest BCUT2D eigenvalue weighted by Gasteiger charge is 2.02. The molecule has 1 aromatic heterocycles. The summed E-state index contributed by atoms with van der Waals surface area (Å²) in [6.07, 6.45) is 2.99. The van der Waals surface area contributed by atoms with Gasteiger partial charge in [0, 0.05) is 29.0 Å². The zero-order valence-corrected chi connectivity index (χ0v) is 14.4. The van der Waals surface area contributed by atoms with Crippen LogP contribution in [-0.2, 0) is 10.5 Å². The second-order valence-corrected chi connectivity index (χ2v) is 6.79. The van der Waals surface area contributed by atoms with E-state index in [1.54, 1.807) is 35.2 Å². The van der Waals surface area contributed by atoms with Crippen molar-refractivity contribution >= 4 is 35.1 Å². The molecule has 0 spiro atoms. The third-order valence-electron chi connectivity index (χ3n) is 2.97. The van der Waals surface area contributed by atoms with Crippen LogP contribution >= 0.6 is 23.1 Å². The normalized spacial score (nSPS) is 10.9. The summed E-state index contributed by atoms with van der Waals surface area (Å²) in [7, 11) is 1.41. The Labute approximate surface area is 143 Å². The maximum atomic E-state index is 13.5. The molecule has 3 nitrogen and oxygen atoms in total. The quantitative estimate of drug-likeness (QED) is 0.578. The van der Waals surface area contributed by atoms with Crippen molar-refractivity contribution < 1.29 is 13.9 Å². The molecule has 0 bridgehead atoms. The van der Waals surface area contributed by atoms with Gasteiger partial charge in [0.05, 0.1) is 7.11 Å². The molecule has 1 N–H and O–H groups in total. The molecule has 2 aromatic rings. The second kappa shape index (κ2) is 9.37. The van der Waals surface area contributed by atoms with Crippen molar-refractivity contribution in [3.63, 3.8) is 0 Å². The number of carbonyl (C=O) groups is 1. The van der Waals surface area contributed by atoms with Crippen molar-refractivity contribution in [2.24, 2.45) is 0 Å². The molecule has 0 aliphatic heterocycles. The number of amides is 1. The molecule has 0 fully saturated rings. The summed E-state index contributed by atoms with van der Waals surface area (Å²) in [4.78, 5) is 13.0. The van der Waals surface area contributed by atoms with Crippen molar-refractivity contribution in [1.82, 2.24) is 5.32 Å². The first-order chi connectivity index (χ1) is 11.2. The smallest absolute Gasteiger partial charge is 0.244 e. The van der Waals surface area contributed by atoms with E-state index >= 15 is 0 Å². The lowest BCUT2D eigenvalue weighted by atomic mass is 10.2. The van der Waals surface area contributed by atoms with E-state index in [1.165, 1.54) is 30.2 Å². The molecule has 0 unspecified atom stereocenters. The largest absolute Gasteiger partial charge is 0.494 e. The maximum Gasteiger partial charge on any atom is 0.244 e. The average Bonchev–Trinajstić information content (AvgIpc) is 3.06. The summed E-state index contributed by atoms with van der Waals surface area (Å²) in [5.74, 6) is 1.38. The molecule has 0 atom stereocenters. The molecule has 0 aliphatic carbocycles.